The third-order valence-corrected chi connectivity index (χ3v) is 4.01. The van der Waals surface area contributed by atoms with Crippen molar-refractivity contribution in [2.24, 2.45) is 0 Å². The van der Waals surface area contributed by atoms with Crippen molar-refractivity contribution >= 4 is 17.5 Å². The van der Waals surface area contributed by atoms with Crippen LogP contribution in [0.4, 0.5) is 11.6 Å². The minimum absolute atomic E-state index is 0.327. The van der Waals surface area contributed by atoms with Crippen LogP contribution in [0.1, 0.15) is 30.1 Å². The molecule has 1 amide bonds. The fraction of sp³-hybridized carbons (Fsp3) is 0.421. The first kappa shape index (κ1) is 20.3. The Morgan fingerprint density at radius 1 is 1.07 bits per heavy atom. The first-order chi connectivity index (χ1) is 13.0. The van der Waals surface area contributed by atoms with E-state index >= 15 is 0 Å². The molecular weight excluding hydrogens is 348 g/mol. The van der Waals surface area contributed by atoms with Crippen molar-refractivity contribution in [3.05, 3.63) is 30.1 Å². The second kappa shape index (κ2) is 9.61. The van der Waals surface area contributed by atoms with E-state index in [1.54, 1.807) is 12.1 Å². The van der Waals surface area contributed by atoms with Crippen molar-refractivity contribution in [3.63, 3.8) is 0 Å². The van der Waals surface area contributed by atoms with Gasteiger partial charge >= 0.3 is 0 Å². The number of methoxy groups -OCH3 is 3. The molecule has 146 valence electrons. The van der Waals surface area contributed by atoms with Gasteiger partial charge in [0.25, 0.3) is 5.91 Å². The van der Waals surface area contributed by atoms with Crippen LogP contribution in [0.5, 0.6) is 17.2 Å². The Bertz CT molecular complexity index is 740. The summed E-state index contributed by atoms with van der Waals surface area (Å²) in [6, 6.07) is 3.32. The maximum Gasteiger partial charge on any atom is 0.258 e. The van der Waals surface area contributed by atoms with E-state index in [2.05, 4.69) is 22.2 Å². The van der Waals surface area contributed by atoms with E-state index in [0.717, 1.165) is 19.4 Å². The number of rotatable bonds is 9. The average molecular weight is 374 g/mol. The highest BCUT2D eigenvalue weighted by Crippen LogP contribution is 2.39. The molecule has 27 heavy (non-hydrogen) atoms. The van der Waals surface area contributed by atoms with Crippen molar-refractivity contribution in [1.82, 2.24) is 9.97 Å². The quantitative estimate of drug-likeness (QED) is 0.722. The summed E-state index contributed by atoms with van der Waals surface area (Å²) in [5.41, 5.74) is 0.870. The molecule has 1 aromatic carbocycles. The van der Waals surface area contributed by atoms with Gasteiger partial charge in [0, 0.05) is 43.8 Å². The number of hydrogen-bond acceptors (Lipinski definition) is 7. The number of hydrogen-bond donors (Lipinski definition) is 1. The number of nitrogens with zero attached hydrogens (tertiary/aromatic N) is 3. The maximum absolute atomic E-state index is 12.5. The molecule has 0 radical (unpaired) electrons. The Kier molecular flexibility index (Phi) is 7.22. The van der Waals surface area contributed by atoms with Crippen LogP contribution in [0.15, 0.2) is 24.5 Å². The predicted octanol–water partition coefficient (Wildman–Crippen LogP) is 2.99. The molecule has 8 heteroatoms. The minimum atomic E-state index is -0.327. The number of aromatic nitrogens is 2. The second-order valence-electron chi connectivity index (χ2n) is 5.91. The van der Waals surface area contributed by atoms with E-state index in [9.17, 15) is 4.79 Å². The van der Waals surface area contributed by atoms with Crippen LogP contribution in [-0.2, 0) is 0 Å². The lowest BCUT2D eigenvalue weighted by Crippen LogP contribution is -2.21. The van der Waals surface area contributed by atoms with Gasteiger partial charge in [0.15, 0.2) is 11.5 Å². The molecule has 0 saturated heterocycles. The predicted molar refractivity (Wildman–Crippen MR) is 104 cm³/mol. The second-order valence-corrected chi connectivity index (χ2v) is 5.91. The molecule has 0 unspecified atom stereocenters. The number of nitrogens with one attached hydrogen (secondary N) is 1. The molecule has 0 fully saturated rings. The number of carbonyl (C=O) groups is 1. The Morgan fingerprint density at radius 3 is 2.15 bits per heavy atom. The smallest absolute Gasteiger partial charge is 0.258 e. The molecule has 0 saturated carbocycles. The zero-order valence-corrected chi connectivity index (χ0v) is 16.4. The van der Waals surface area contributed by atoms with Gasteiger partial charge in [0.05, 0.1) is 26.9 Å². The summed E-state index contributed by atoms with van der Waals surface area (Å²) < 4.78 is 15.9. The third-order valence-electron chi connectivity index (χ3n) is 4.01. The molecule has 8 nitrogen and oxygen atoms in total. The van der Waals surface area contributed by atoms with Crippen molar-refractivity contribution in [2.45, 2.75) is 19.8 Å². The summed E-state index contributed by atoms with van der Waals surface area (Å²) >= 11 is 0. The monoisotopic (exact) mass is 374 g/mol. The normalized spacial score (nSPS) is 10.3. The number of carbonyl (C=O) groups excluding carboxylic acids is 1. The van der Waals surface area contributed by atoms with E-state index in [1.165, 1.54) is 33.7 Å². The number of amides is 1. The fourth-order valence-electron chi connectivity index (χ4n) is 2.49. The van der Waals surface area contributed by atoms with E-state index in [4.69, 9.17) is 14.2 Å². The van der Waals surface area contributed by atoms with E-state index in [1.807, 2.05) is 11.9 Å². The fourth-order valence-corrected chi connectivity index (χ4v) is 2.49. The zero-order valence-electron chi connectivity index (χ0n) is 16.4. The van der Waals surface area contributed by atoms with Crippen molar-refractivity contribution < 1.29 is 19.0 Å². The van der Waals surface area contributed by atoms with Gasteiger partial charge in [-0.1, -0.05) is 13.3 Å². The number of ether oxygens (including phenoxy) is 3. The zero-order chi connectivity index (χ0) is 19.8. The molecule has 0 bridgehead atoms. The topological polar surface area (TPSA) is 85.8 Å². The molecule has 1 aromatic heterocycles. The van der Waals surface area contributed by atoms with Gasteiger partial charge < -0.3 is 24.4 Å². The van der Waals surface area contributed by atoms with Gasteiger partial charge in [-0.05, 0) is 6.42 Å². The van der Waals surface area contributed by atoms with Gasteiger partial charge in [0.2, 0.25) is 11.7 Å². The molecule has 2 aromatic rings. The lowest BCUT2D eigenvalue weighted by molar-refractivity contribution is 0.102. The van der Waals surface area contributed by atoms with Gasteiger partial charge in [-0.3, -0.25) is 4.79 Å². The molecule has 2 rings (SSSR count). The average Bonchev–Trinajstić information content (AvgIpc) is 2.71. The molecule has 0 aliphatic heterocycles. The Hall–Kier alpha value is -3.03. The van der Waals surface area contributed by atoms with Gasteiger partial charge in [-0.15, -0.1) is 0 Å². The SMILES string of the molecule is CCCCN(C)c1ncc(C(=O)Nc2cc(OC)c(OC)c(OC)c2)cn1. The molecular formula is C19H26N4O4. The summed E-state index contributed by atoms with van der Waals surface area (Å²) in [5, 5.41) is 2.79. The highest BCUT2D eigenvalue weighted by Gasteiger charge is 2.16. The number of unbranched alkanes of at least 4 members (excludes halogenated alkanes) is 1. The van der Waals surface area contributed by atoms with Crippen LogP contribution in [-0.4, -0.2) is 50.8 Å². The summed E-state index contributed by atoms with van der Waals surface area (Å²) in [6.45, 7) is 3.00. The highest BCUT2D eigenvalue weighted by molar-refractivity contribution is 6.04. The van der Waals surface area contributed by atoms with Crippen LogP contribution in [0.25, 0.3) is 0 Å². The van der Waals surface area contributed by atoms with Gasteiger partial charge in [-0.2, -0.15) is 0 Å². The molecule has 1 heterocycles. The van der Waals surface area contributed by atoms with Crippen molar-refractivity contribution in [2.75, 3.05) is 45.1 Å². The van der Waals surface area contributed by atoms with Crippen LogP contribution in [0.3, 0.4) is 0 Å². The lowest BCUT2D eigenvalue weighted by Gasteiger charge is -2.16. The van der Waals surface area contributed by atoms with Crippen LogP contribution >= 0.6 is 0 Å². The van der Waals surface area contributed by atoms with Crippen LogP contribution in [0.2, 0.25) is 0 Å². The molecule has 0 aliphatic carbocycles. The molecule has 0 atom stereocenters. The summed E-state index contributed by atoms with van der Waals surface area (Å²) in [4.78, 5) is 23.0. The largest absolute Gasteiger partial charge is 0.493 e. The lowest BCUT2D eigenvalue weighted by atomic mass is 10.2. The van der Waals surface area contributed by atoms with Crippen molar-refractivity contribution in [3.8, 4) is 17.2 Å². The van der Waals surface area contributed by atoms with Crippen LogP contribution < -0.4 is 24.4 Å². The first-order valence-corrected chi connectivity index (χ1v) is 8.68. The summed E-state index contributed by atoms with van der Waals surface area (Å²) in [5.74, 6) is 1.63. The minimum Gasteiger partial charge on any atom is -0.493 e. The standard InChI is InChI=1S/C19H26N4O4/c1-6-7-8-23(2)19-20-11-13(12-21-19)18(24)22-14-9-15(25-3)17(27-5)16(10-14)26-4/h9-12H,6-8H2,1-5H3,(H,22,24). The Morgan fingerprint density at radius 2 is 1.67 bits per heavy atom. The van der Waals surface area contributed by atoms with E-state index in [0.29, 0.717) is 34.4 Å². The van der Waals surface area contributed by atoms with Crippen molar-refractivity contribution in [1.29, 1.82) is 0 Å². The Balaban J connectivity index is 2.15. The first-order valence-electron chi connectivity index (χ1n) is 8.68. The van der Waals surface area contributed by atoms with Crippen LogP contribution in [0, 0.1) is 0 Å². The van der Waals surface area contributed by atoms with Gasteiger partial charge in [-0.25, -0.2) is 9.97 Å². The maximum atomic E-state index is 12.5. The van der Waals surface area contributed by atoms with Gasteiger partial charge in [0.1, 0.15) is 0 Å². The van der Waals surface area contributed by atoms with E-state index < -0.39 is 0 Å². The molecule has 0 spiro atoms. The molecule has 0 aliphatic rings. The molecule has 1 N–H and O–H groups in total. The third kappa shape index (κ3) is 4.99. The number of benzene rings is 1. The highest BCUT2D eigenvalue weighted by atomic mass is 16.5. The Labute approximate surface area is 159 Å². The summed E-state index contributed by atoms with van der Waals surface area (Å²) in [6.07, 6.45) is 5.18. The summed E-state index contributed by atoms with van der Waals surface area (Å²) in [7, 11) is 6.49. The number of anilines is 2. The van der Waals surface area contributed by atoms with E-state index in [-0.39, 0.29) is 5.91 Å².